The van der Waals surface area contributed by atoms with Crippen molar-refractivity contribution in [2.24, 2.45) is 4.99 Å². The largest absolute Gasteiger partial charge is 0.295 e. The third kappa shape index (κ3) is 3.19. The first-order valence-electron chi connectivity index (χ1n) is 8.46. The van der Waals surface area contributed by atoms with Gasteiger partial charge in [-0.05, 0) is 43.9 Å². The molecule has 0 spiro atoms. The third-order valence-electron chi connectivity index (χ3n) is 4.65. The quantitative estimate of drug-likeness (QED) is 0.526. The Labute approximate surface area is 179 Å². The molecule has 0 aliphatic heterocycles. The van der Waals surface area contributed by atoms with Gasteiger partial charge in [-0.15, -0.1) is 11.3 Å². The van der Waals surface area contributed by atoms with Gasteiger partial charge in [0, 0.05) is 21.8 Å². The summed E-state index contributed by atoms with van der Waals surface area (Å²) in [6.07, 6.45) is 4.45. The van der Waals surface area contributed by atoms with Crippen LogP contribution in [0.4, 0.5) is 5.00 Å². The maximum absolute atomic E-state index is 12.9. The van der Waals surface area contributed by atoms with Crippen molar-refractivity contribution < 1.29 is 0 Å². The number of aliphatic imine (C=N–C) groups is 1. The van der Waals surface area contributed by atoms with Gasteiger partial charge in [-0.2, -0.15) is 5.26 Å². The molecule has 0 saturated carbocycles. The minimum atomic E-state index is -0.338. The molecule has 0 fully saturated rings. The van der Waals surface area contributed by atoms with Crippen LogP contribution in [-0.2, 0) is 12.8 Å². The Morgan fingerprint density at radius 1 is 1.29 bits per heavy atom. The number of aryl methyl sites for hydroxylation is 2. The molecule has 9 heteroatoms. The number of thiophene rings is 1. The van der Waals surface area contributed by atoms with Crippen LogP contribution in [0.3, 0.4) is 0 Å². The Balaban J connectivity index is 1.77. The van der Waals surface area contributed by atoms with Crippen molar-refractivity contribution in [2.75, 3.05) is 0 Å². The molecule has 0 radical (unpaired) electrons. The lowest BCUT2D eigenvalue weighted by Gasteiger charge is -2.07. The number of hydrogen-bond donors (Lipinski definition) is 1. The van der Waals surface area contributed by atoms with Crippen molar-refractivity contribution in [3.63, 3.8) is 0 Å². The number of halogens is 3. The number of benzene rings is 1. The second-order valence-electron chi connectivity index (χ2n) is 6.42. The van der Waals surface area contributed by atoms with E-state index >= 15 is 0 Å². The molecule has 28 heavy (non-hydrogen) atoms. The highest BCUT2D eigenvalue weighted by Crippen LogP contribution is 2.40. The van der Waals surface area contributed by atoms with Gasteiger partial charge in [-0.3, -0.25) is 9.89 Å². The highest BCUT2D eigenvalue weighted by molar-refractivity contribution is 7.16. The average Bonchev–Trinajstić information content (AvgIpc) is 3.27. The summed E-state index contributed by atoms with van der Waals surface area (Å²) < 4.78 is 1.28. The number of rotatable bonds is 3. The third-order valence-corrected chi connectivity index (χ3v) is 6.64. The van der Waals surface area contributed by atoms with Gasteiger partial charge in [0.15, 0.2) is 0 Å². The number of nitrogens with zero attached hydrogens (tertiary/aromatic N) is 3. The maximum atomic E-state index is 12.9. The zero-order valence-corrected chi connectivity index (χ0v) is 17.7. The van der Waals surface area contributed by atoms with Gasteiger partial charge < -0.3 is 0 Å². The summed E-state index contributed by atoms with van der Waals surface area (Å²) in [6.45, 7) is 1.76. The molecule has 0 unspecified atom stereocenters. The SMILES string of the molecule is Cc1[nH]n(-c2c(Cl)cc(Cl)cc2Cl)c(=O)c1C=Nc1sc2c(c1C#N)CCC2. The molecule has 1 aromatic carbocycles. The lowest BCUT2D eigenvalue weighted by atomic mass is 10.1. The first kappa shape index (κ1) is 19.3. The first-order valence-corrected chi connectivity index (χ1v) is 10.4. The summed E-state index contributed by atoms with van der Waals surface area (Å²) in [6, 6.07) is 5.29. The standard InChI is InChI=1S/C19H13Cl3N4OS/c1-9-13(8-24-18-12(7-23)11-3-2-4-16(11)28-18)19(27)26(25-9)17-14(21)5-10(20)6-15(17)22/h5-6,8,25H,2-4H2,1H3. The van der Waals surface area contributed by atoms with Crippen LogP contribution in [0, 0.1) is 18.3 Å². The predicted molar refractivity (Wildman–Crippen MR) is 114 cm³/mol. The van der Waals surface area contributed by atoms with Gasteiger partial charge in [0.1, 0.15) is 16.8 Å². The van der Waals surface area contributed by atoms with E-state index in [2.05, 4.69) is 16.2 Å². The molecule has 0 saturated heterocycles. The highest BCUT2D eigenvalue weighted by Gasteiger charge is 2.22. The Morgan fingerprint density at radius 3 is 2.68 bits per heavy atom. The Morgan fingerprint density at radius 2 is 2.00 bits per heavy atom. The van der Waals surface area contributed by atoms with E-state index < -0.39 is 0 Å². The van der Waals surface area contributed by atoms with Crippen LogP contribution in [0.1, 0.15) is 33.7 Å². The lowest BCUT2D eigenvalue weighted by molar-refractivity contribution is 0.835. The highest BCUT2D eigenvalue weighted by atomic mass is 35.5. The Bertz CT molecular complexity index is 1210. The maximum Gasteiger partial charge on any atom is 0.280 e. The predicted octanol–water partition coefficient (Wildman–Crippen LogP) is 5.61. The van der Waals surface area contributed by atoms with E-state index in [9.17, 15) is 10.1 Å². The van der Waals surface area contributed by atoms with Crippen LogP contribution in [-0.4, -0.2) is 16.0 Å². The molecule has 4 rings (SSSR count). The normalized spacial score (nSPS) is 13.2. The summed E-state index contributed by atoms with van der Waals surface area (Å²) in [4.78, 5) is 18.6. The molecule has 3 aromatic rings. The van der Waals surface area contributed by atoms with Gasteiger partial charge >= 0.3 is 0 Å². The molecular weight excluding hydrogens is 439 g/mol. The van der Waals surface area contributed by atoms with E-state index in [-0.39, 0.29) is 15.6 Å². The number of nitriles is 1. The van der Waals surface area contributed by atoms with E-state index in [1.54, 1.807) is 6.92 Å². The van der Waals surface area contributed by atoms with E-state index in [0.717, 1.165) is 24.8 Å². The van der Waals surface area contributed by atoms with Crippen LogP contribution in [0.15, 0.2) is 21.9 Å². The number of aromatic nitrogens is 2. The Hall–Kier alpha value is -2.04. The summed E-state index contributed by atoms with van der Waals surface area (Å²) in [7, 11) is 0. The number of hydrogen-bond acceptors (Lipinski definition) is 4. The summed E-state index contributed by atoms with van der Waals surface area (Å²) in [5.41, 5.74) is 2.69. The molecule has 0 atom stereocenters. The van der Waals surface area contributed by atoms with E-state index in [1.165, 1.54) is 39.2 Å². The van der Waals surface area contributed by atoms with Crippen molar-refractivity contribution in [1.82, 2.24) is 9.78 Å². The molecule has 2 aromatic heterocycles. The van der Waals surface area contributed by atoms with Gasteiger partial charge in [0.2, 0.25) is 0 Å². The minimum absolute atomic E-state index is 0.255. The van der Waals surface area contributed by atoms with Crippen molar-refractivity contribution >= 4 is 57.4 Å². The number of H-pyrrole nitrogens is 1. The summed E-state index contributed by atoms with van der Waals surface area (Å²) in [5.74, 6) is 0. The fourth-order valence-corrected chi connectivity index (χ4v) is 5.51. The fourth-order valence-electron chi connectivity index (χ4n) is 3.34. The van der Waals surface area contributed by atoms with Gasteiger partial charge in [0.25, 0.3) is 5.56 Å². The van der Waals surface area contributed by atoms with E-state index in [1.807, 2.05) is 0 Å². The molecule has 5 nitrogen and oxygen atoms in total. The zero-order chi connectivity index (χ0) is 20.0. The minimum Gasteiger partial charge on any atom is -0.295 e. The Kier molecular flexibility index (Phi) is 5.11. The first-order chi connectivity index (χ1) is 13.4. The number of fused-ring (bicyclic) bond motifs is 1. The smallest absolute Gasteiger partial charge is 0.280 e. The van der Waals surface area contributed by atoms with Gasteiger partial charge in [0.05, 0.1) is 21.2 Å². The number of nitrogens with one attached hydrogen (secondary N) is 1. The summed E-state index contributed by atoms with van der Waals surface area (Å²) >= 11 is 20.0. The van der Waals surface area contributed by atoms with Crippen LogP contribution in [0.25, 0.3) is 5.69 Å². The molecule has 1 aliphatic rings. The van der Waals surface area contributed by atoms with Crippen LogP contribution in [0.5, 0.6) is 0 Å². The average molecular weight is 452 g/mol. The van der Waals surface area contributed by atoms with Crippen LogP contribution < -0.4 is 5.56 Å². The molecule has 1 aliphatic carbocycles. The second-order valence-corrected chi connectivity index (χ2v) is 8.75. The molecule has 1 N–H and O–H groups in total. The molecular formula is C19H13Cl3N4OS. The van der Waals surface area contributed by atoms with E-state index in [4.69, 9.17) is 34.8 Å². The lowest BCUT2D eigenvalue weighted by Crippen LogP contribution is -2.18. The summed E-state index contributed by atoms with van der Waals surface area (Å²) in [5, 5.41) is 14.0. The number of aromatic amines is 1. The molecule has 142 valence electrons. The zero-order valence-electron chi connectivity index (χ0n) is 14.6. The topological polar surface area (TPSA) is 73.9 Å². The van der Waals surface area contributed by atoms with E-state index in [0.29, 0.717) is 32.5 Å². The van der Waals surface area contributed by atoms with Crippen molar-refractivity contribution in [2.45, 2.75) is 26.2 Å². The van der Waals surface area contributed by atoms with Crippen LogP contribution in [0.2, 0.25) is 15.1 Å². The van der Waals surface area contributed by atoms with Gasteiger partial charge in [-0.25, -0.2) is 9.67 Å². The molecule has 0 bridgehead atoms. The van der Waals surface area contributed by atoms with Crippen LogP contribution >= 0.6 is 46.1 Å². The second kappa shape index (κ2) is 7.41. The fraction of sp³-hybridized carbons (Fsp3) is 0.211. The van der Waals surface area contributed by atoms with Crippen molar-refractivity contribution in [3.05, 3.63) is 64.8 Å². The monoisotopic (exact) mass is 450 g/mol. The molecule has 2 heterocycles. The van der Waals surface area contributed by atoms with Crippen molar-refractivity contribution in [3.8, 4) is 11.8 Å². The molecule has 0 amide bonds. The van der Waals surface area contributed by atoms with Crippen molar-refractivity contribution in [1.29, 1.82) is 5.26 Å². The van der Waals surface area contributed by atoms with Gasteiger partial charge in [-0.1, -0.05) is 34.8 Å².